The molecule has 9 heavy (non-hydrogen) atoms. The van der Waals surface area contributed by atoms with Crippen LogP contribution in [0.25, 0.3) is 0 Å². The first-order valence-corrected chi connectivity index (χ1v) is 3.43. The molecule has 1 nitrogen and oxygen atoms in total. The normalized spacial score (nSPS) is 19.0. The van der Waals surface area contributed by atoms with Crippen LogP contribution in [-0.4, -0.2) is 5.78 Å². The van der Waals surface area contributed by atoms with E-state index in [2.05, 4.69) is 13.8 Å². The molecular formula is C8H12O. The van der Waals surface area contributed by atoms with Gasteiger partial charge in [0, 0.05) is 6.42 Å². The van der Waals surface area contributed by atoms with Crippen LogP contribution in [0, 0.1) is 5.92 Å². The van der Waals surface area contributed by atoms with E-state index in [4.69, 9.17) is 0 Å². The molecule has 0 fully saturated rings. The van der Waals surface area contributed by atoms with Crippen LogP contribution in [0.15, 0.2) is 11.6 Å². The van der Waals surface area contributed by atoms with Gasteiger partial charge in [-0.25, -0.2) is 0 Å². The Morgan fingerprint density at radius 3 is 2.33 bits per heavy atom. The standard InChI is InChI=1S/C8H12O/c1-6(2)7-3-4-8(9)5-7/h5-6H,3-4H2,1-2H3. The van der Waals surface area contributed by atoms with Crippen molar-refractivity contribution in [2.45, 2.75) is 26.7 Å². The van der Waals surface area contributed by atoms with Crippen LogP contribution in [0.5, 0.6) is 0 Å². The van der Waals surface area contributed by atoms with Crippen molar-refractivity contribution in [3.05, 3.63) is 11.6 Å². The first kappa shape index (κ1) is 6.53. The Morgan fingerprint density at radius 1 is 1.44 bits per heavy atom. The fraction of sp³-hybridized carbons (Fsp3) is 0.625. The molecule has 0 bridgehead atoms. The molecule has 1 aliphatic carbocycles. The van der Waals surface area contributed by atoms with Gasteiger partial charge in [-0.2, -0.15) is 0 Å². The van der Waals surface area contributed by atoms with E-state index in [0.717, 1.165) is 12.8 Å². The average Bonchev–Trinajstić information content (AvgIpc) is 2.14. The Balaban J connectivity index is 2.62. The minimum atomic E-state index is 0.304. The zero-order valence-corrected chi connectivity index (χ0v) is 5.98. The van der Waals surface area contributed by atoms with Gasteiger partial charge < -0.3 is 0 Å². The van der Waals surface area contributed by atoms with Crippen LogP contribution < -0.4 is 0 Å². The number of ketones is 1. The summed E-state index contributed by atoms with van der Waals surface area (Å²) in [5.41, 5.74) is 1.32. The predicted octanol–water partition coefficient (Wildman–Crippen LogP) is 1.93. The van der Waals surface area contributed by atoms with Crippen LogP contribution in [0.3, 0.4) is 0 Å². The second kappa shape index (κ2) is 2.34. The van der Waals surface area contributed by atoms with Gasteiger partial charge in [0.25, 0.3) is 0 Å². The van der Waals surface area contributed by atoms with Crippen molar-refractivity contribution in [1.82, 2.24) is 0 Å². The van der Waals surface area contributed by atoms with Gasteiger partial charge in [-0.3, -0.25) is 4.79 Å². The Labute approximate surface area is 55.8 Å². The number of rotatable bonds is 1. The SMILES string of the molecule is CC(C)C1=CC(=O)CC1. The third-order valence-electron chi connectivity index (χ3n) is 1.75. The minimum Gasteiger partial charge on any atom is -0.295 e. The van der Waals surface area contributed by atoms with Gasteiger partial charge in [0.1, 0.15) is 0 Å². The zero-order valence-electron chi connectivity index (χ0n) is 5.98. The van der Waals surface area contributed by atoms with Gasteiger partial charge in [-0.1, -0.05) is 19.4 Å². The molecule has 0 radical (unpaired) electrons. The molecule has 50 valence electrons. The summed E-state index contributed by atoms with van der Waals surface area (Å²) in [6.07, 6.45) is 3.54. The molecule has 0 spiro atoms. The fourth-order valence-corrected chi connectivity index (χ4v) is 1.07. The van der Waals surface area contributed by atoms with Crippen molar-refractivity contribution < 1.29 is 4.79 Å². The maximum absolute atomic E-state index is 10.7. The molecule has 0 aromatic carbocycles. The van der Waals surface area contributed by atoms with Gasteiger partial charge in [0.15, 0.2) is 5.78 Å². The highest BCUT2D eigenvalue weighted by molar-refractivity contribution is 5.92. The first-order chi connectivity index (χ1) is 4.20. The number of hydrogen-bond acceptors (Lipinski definition) is 1. The Morgan fingerprint density at radius 2 is 2.11 bits per heavy atom. The molecule has 0 heterocycles. The largest absolute Gasteiger partial charge is 0.295 e. The van der Waals surface area contributed by atoms with E-state index in [1.165, 1.54) is 5.57 Å². The lowest BCUT2D eigenvalue weighted by molar-refractivity contribution is -0.114. The van der Waals surface area contributed by atoms with Crippen LogP contribution in [0.4, 0.5) is 0 Å². The van der Waals surface area contributed by atoms with E-state index in [1.807, 2.05) is 0 Å². The lowest BCUT2D eigenvalue weighted by atomic mass is 10.0. The zero-order chi connectivity index (χ0) is 6.85. The number of carbonyl (C=O) groups is 1. The van der Waals surface area contributed by atoms with Crippen molar-refractivity contribution in [2.24, 2.45) is 5.92 Å². The lowest BCUT2D eigenvalue weighted by Gasteiger charge is -2.01. The summed E-state index contributed by atoms with van der Waals surface area (Å²) in [5.74, 6) is 0.871. The van der Waals surface area contributed by atoms with E-state index < -0.39 is 0 Å². The van der Waals surface area contributed by atoms with E-state index in [9.17, 15) is 4.79 Å². The number of hydrogen-bond donors (Lipinski definition) is 0. The van der Waals surface area contributed by atoms with E-state index in [1.54, 1.807) is 6.08 Å². The molecule has 0 N–H and O–H groups in total. The van der Waals surface area contributed by atoms with Crippen molar-refractivity contribution in [3.8, 4) is 0 Å². The molecule has 0 atom stereocenters. The van der Waals surface area contributed by atoms with Crippen molar-refractivity contribution >= 4 is 5.78 Å². The molecule has 0 aromatic heterocycles. The fourth-order valence-electron chi connectivity index (χ4n) is 1.07. The molecular weight excluding hydrogens is 112 g/mol. The van der Waals surface area contributed by atoms with Gasteiger partial charge >= 0.3 is 0 Å². The molecule has 0 saturated carbocycles. The summed E-state index contributed by atoms with van der Waals surface area (Å²) in [6.45, 7) is 4.26. The monoisotopic (exact) mass is 124 g/mol. The Kier molecular flexibility index (Phi) is 1.70. The maximum Gasteiger partial charge on any atom is 0.155 e. The molecule has 1 heteroatoms. The number of allylic oxidation sites excluding steroid dienone is 2. The van der Waals surface area contributed by atoms with Crippen LogP contribution in [0.1, 0.15) is 26.7 Å². The van der Waals surface area contributed by atoms with Crippen LogP contribution in [0.2, 0.25) is 0 Å². The summed E-state index contributed by atoms with van der Waals surface area (Å²) in [6, 6.07) is 0. The molecule has 1 aliphatic rings. The van der Waals surface area contributed by atoms with Crippen LogP contribution >= 0.6 is 0 Å². The van der Waals surface area contributed by atoms with E-state index >= 15 is 0 Å². The van der Waals surface area contributed by atoms with Crippen molar-refractivity contribution in [1.29, 1.82) is 0 Å². The lowest BCUT2D eigenvalue weighted by Crippen LogP contribution is -1.88. The van der Waals surface area contributed by atoms with Gasteiger partial charge in [-0.15, -0.1) is 0 Å². The third kappa shape index (κ3) is 1.41. The maximum atomic E-state index is 10.7. The van der Waals surface area contributed by atoms with Crippen molar-refractivity contribution in [3.63, 3.8) is 0 Å². The third-order valence-corrected chi connectivity index (χ3v) is 1.75. The summed E-state index contributed by atoms with van der Waals surface area (Å²) < 4.78 is 0. The molecule has 0 saturated heterocycles. The summed E-state index contributed by atoms with van der Waals surface area (Å²) >= 11 is 0. The Bertz CT molecular complexity index is 154. The minimum absolute atomic E-state index is 0.304. The average molecular weight is 124 g/mol. The van der Waals surface area contributed by atoms with E-state index in [0.29, 0.717) is 11.7 Å². The first-order valence-electron chi connectivity index (χ1n) is 3.43. The van der Waals surface area contributed by atoms with Gasteiger partial charge in [0.05, 0.1) is 0 Å². The Hall–Kier alpha value is -0.590. The molecule has 0 amide bonds. The van der Waals surface area contributed by atoms with E-state index in [-0.39, 0.29) is 0 Å². The van der Waals surface area contributed by atoms with Crippen LogP contribution in [-0.2, 0) is 4.79 Å². The second-order valence-corrected chi connectivity index (χ2v) is 2.84. The number of carbonyl (C=O) groups excluding carboxylic acids is 1. The quantitative estimate of drug-likeness (QED) is 0.522. The molecule has 0 unspecified atom stereocenters. The highest BCUT2D eigenvalue weighted by Gasteiger charge is 2.13. The van der Waals surface area contributed by atoms with Gasteiger partial charge in [-0.05, 0) is 18.4 Å². The molecule has 0 aromatic rings. The highest BCUT2D eigenvalue weighted by Crippen LogP contribution is 2.21. The summed E-state index contributed by atoms with van der Waals surface area (Å²) in [7, 11) is 0. The topological polar surface area (TPSA) is 17.1 Å². The molecule has 1 rings (SSSR count). The summed E-state index contributed by atoms with van der Waals surface area (Å²) in [5, 5.41) is 0. The smallest absolute Gasteiger partial charge is 0.155 e. The second-order valence-electron chi connectivity index (χ2n) is 2.84. The highest BCUT2D eigenvalue weighted by atomic mass is 16.1. The summed E-state index contributed by atoms with van der Waals surface area (Å²) in [4.78, 5) is 10.7. The van der Waals surface area contributed by atoms with Crippen molar-refractivity contribution in [2.75, 3.05) is 0 Å². The predicted molar refractivity (Wildman–Crippen MR) is 37.2 cm³/mol. The van der Waals surface area contributed by atoms with Gasteiger partial charge in [0.2, 0.25) is 0 Å². The molecule has 0 aliphatic heterocycles.